The van der Waals surface area contributed by atoms with Gasteiger partial charge in [-0.3, -0.25) is 19.4 Å². The Morgan fingerprint density at radius 1 is 1.45 bits per heavy atom. The maximum atomic E-state index is 12.1. The molecule has 106 valence electrons. The third-order valence-corrected chi connectivity index (χ3v) is 3.20. The Bertz CT molecular complexity index is 647. The topological polar surface area (TPSA) is 105 Å². The number of anilines is 1. The lowest BCUT2D eigenvalue weighted by Crippen LogP contribution is -2.21. The predicted molar refractivity (Wildman–Crippen MR) is 75.5 cm³/mol. The molecule has 2 heterocycles. The number of aromatic nitrogens is 4. The molecular formula is C11H13BrN6O2. The average Bonchev–Trinajstić information content (AvgIpc) is 3.04. The van der Waals surface area contributed by atoms with Crippen LogP contribution < -0.4 is 10.6 Å². The molecule has 0 bridgehead atoms. The van der Waals surface area contributed by atoms with E-state index >= 15 is 0 Å². The van der Waals surface area contributed by atoms with Gasteiger partial charge in [0.25, 0.3) is 11.8 Å². The molecular weight excluding hydrogens is 328 g/mol. The Balaban J connectivity index is 2.29. The third-order valence-electron chi connectivity index (χ3n) is 2.60. The van der Waals surface area contributed by atoms with E-state index in [1.165, 1.54) is 13.2 Å². The molecule has 2 amide bonds. The summed E-state index contributed by atoms with van der Waals surface area (Å²) < 4.78 is 2.11. The summed E-state index contributed by atoms with van der Waals surface area (Å²) in [6, 6.07) is 0. The van der Waals surface area contributed by atoms with Crippen LogP contribution in [-0.2, 0) is 6.54 Å². The summed E-state index contributed by atoms with van der Waals surface area (Å²) in [7, 11) is 1.50. The Morgan fingerprint density at radius 2 is 2.20 bits per heavy atom. The first kappa shape index (κ1) is 14.3. The smallest absolute Gasteiger partial charge is 0.274 e. The van der Waals surface area contributed by atoms with Crippen LogP contribution in [0.4, 0.5) is 5.69 Å². The fraction of sp³-hybridized carbons (Fsp3) is 0.273. The highest BCUT2D eigenvalue weighted by molar-refractivity contribution is 9.10. The molecule has 0 aliphatic carbocycles. The lowest BCUT2D eigenvalue weighted by Gasteiger charge is -2.03. The summed E-state index contributed by atoms with van der Waals surface area (Å²) in [6.45, 7) is 2.48. The summed E-state index contributed by atoms with van der Waals surface area (Å²) in [5, 5.41) is 15.5. The van der Waals surface area contributed by atoms with Gasteiger partial charge in [-0.05, 0) is 22.9 Å². The fourth-order valence-corrected chi connectivity index (χ4v) is 1.95. The quantitative estimate of drug-likeness (QED) is 0.772. The Labute approximate surface area is 123 Å². The summed E-state index contributed by atoms with van der Waals surface area (Å²) in [6.07, 6.45) is 3.08. The fourth-order valence-electron chi connectivity index (χ4n) is 1.58. The summed E-state index contributed by atoms with van der Waals surface area (Å²) in [4.78, 5) is 23.8. The number of nitrogens with one attached hydrogen (secondary N) is 3. The highest BCUT2D eigenvalue weighted by Crippen LogP contribution is 2.18. The summed E-state index contributed by atoms with van der Waals surface area (Å²) in [5.74, 6) is -0.772. The SMILES string of the molecule is CCn1cc(NC(=O)c2[nH]ncc2Br)c(C(=O)NC)n1. The molecule has 0 aliphatic heterocycles. The second kappa shape index (κ2) is 5.87. The first-order valence-corrected chi connectivity index (χ1v) is 6.65. The normalized spacial score (nSPS) is 10.3. The number of aromatic amines is 1. The molecule has 0 aliphatic rings. The number of halogens is 1. The number of aryl methyl sites for hydroxylation is 1. The lowest BCUT2D eigenvalue weighted by molar-refractivity contribution is 0.0958. The maximum Gasteiger partial charge on any atom is 0.274 e. The molecule has 0 saturated heterocycles. The molecule has 2 rings (SSSR count). The van der Waals surface area contributed by atoms with Gasteiger partial charge in [0.15, 0.2) is 5.69 Å². The van der Waals surface area contributed by atoms with Crippen LogP contribution in [0.15, 0.2) is 16.9 Å². The van der Waals surface area contributed by atoms with Crippen molar-refractivity contribution in [1.29, 1.82) is 0 Å². The number of hydrogen-bond donors (Lipinski definition) is 3. The average molecular weight is 341 g/mol. The highest BCUT2D eigenvalue weighted by atomic mass is 79.9. The van der Waals surface area contributed by atoms with Gasteiger partial charge < -0.3 is 10.6 Å². The number of amides is 2. The molecule has 9 heteroatoms. The van der Waals surface area contributed by atoms with Crippen LogP contribution in [0.5, 0.6) is 0 Å². The van der Waals surface area contributed by atoms with E-state index in [2.05, 4.69) is 41.9 Å². The Hall–Kier alpha value is -2.16. The van der Waals surface area contributed by atoms with Crippen molar-refractivity contribution in [3.05, 3.63) is 28.3 Å². The van der Waals surface area contributed by atoms with Crippen molar-refractivity contribution in [3.63, 3.8) is 0 Å². The van der Waals surface area contributed by atoms with Crippen molar-refractivity contribution in [3.8, 4) is 0 Å². The van der Waals surface area contributed by atoms with Crippen molar-refractivity contribution in [2.45, 2.75) is 13.5 Å². The summed E-state index contributed by atoms with van der Waals surface area (Å²) in [5.41, 5.74) is 0.785. The van der Waals surface area contributed by atoms with Crippen LogP contribution >= 0.6 is 15.9 Å². The van der Waals surface area contributed by atoms with E-state index in [1.807, 2.05) is 6.92 Å². The largest absolute Gasteiger partial charge is 0.354 e. The molecule has 0 atom stereocenters. The van der Waals surface area contributed by atoms with Gasteiger partial charge in [0.1, 0.15) is 5.69 Å². The van der Waals surface area contributed by atoms with Gasteiger partial charge in [-0.2, -0.15) is 10.2 Å². The molecule has 0 aromatic carbocycles. The number of carbonyl (C=O) groups excluding carboxylic acids is 2. The Kier molecular flexibility index (Phi) is 4.18. The van der Waals surface area contributed by atoms with Crippen LogP contribution in [0, 0.1) is 0 Å². The lowest BCUT2D eigenvalue weighted by atomic mass is 10.3. The van der Waals surface area contributed by atoms with E-state index in [1.54, 1.807) is 10.9 Å². The molecule has 0 fully saturated rings. The number of rotatable bonds is 4. The molecule has 0 unspecified atom stereocenters. The van der Waals surface area contributed by atoms with Gasteiger partial charge >= 0.3 is 0 Å². The zero-order valence-corrected chi connectivity index (χ0v) is 12.5. The summed E-state index contributed by atoms with van der Waals surface area (Å²) >= 11 is 3.21. The van der Waals surface area contributed by atoms with E-state index in [0.717, 1.165) is 0 Å². The Morgan fingerprint density at radius 3 is 2.75 bits per heavy atom. The molecule has 2 aromatic rings. The number of nitrogens with zero attached hydrogens (tertiary/aromatic N) is 3. The van der Waals surface area contributed by atoms with Gasteiger partial charge in [-0.15, -0.1) is 0 Å². The van der Waals surface area contributed by atoms with Crippen molar-refractivity contribution < 1.29 is 9.59 Å². The van der Waals surface area contributed by atoms with E-state index in [0.29, 0.717) is 16.7 Å². The second-order valence-corrected chi connectivity index (χ2v) is 4.73. The molecule has 3 N–H and O–H groups in total. The van der Waals surface area contributed by atoms with Crippen molar-refractivity contribution in [1.82, 2.24) is 25.3 Å². The number of hydrogen-bond acceptors (Lipinski definition) is 4. The number of carbonyl (C=O) groups is 2. The minimum Gasteiger partial charge on any atom is -0.354 e. The van der Waals surface area contributed by atoms with Crippen LogP contribution in [0.3, 0.4) is 0 Å². The molecule has 20 heavy (non-hydrogen) atoms. The van der Waals surface area contributed by atoms with E-state index < -0.39 is 5.91 Å². The number of H-pyrrole nitrogens is 1. The standard InChI is InChI=1S/C11H13BrN6O2/c1-3-18-5-7(9(17-18)10(19)13-2)15-11(20)8-6(12)4-14-16-8/h4-5H,3H2,1-2H3,(H,13,19)(H,14,16)(H,15,20). The zero-order chi connectivity index (χ0) is 14.7. The zero-order valence-electron chi connectivity index (χ0n) is 10.9. The van der Waals surface area contributed by atoms with Crippen molar-refractivity contribution in [2.75, 3.05) is 12.4 Å². The van der Waals surface area contributed by atoms with Crippen LogP contribution in [0.1, 0.15) is 27.9 Å². The predicted octanol–water partition coefficient (Wildman–Crippen LogP) is 1.00. The molecule has 0 spiro atoms. The van der Waals surface area contributed by atoms with Gasteiger partial charge in [-0.1, -0.05) is 0 Å². The van der Waals surface area contributed by atoms with Crippen molar-refractivity contribution >= 4 is 33.4 Å². The van der Waals surface area contributed by atoms with Crippen molar-refractivity contribution in [2.24, 2.45) is 0 Å². The molecule has 0 radical (unpaired) electrons. The van der Waals surface area contributed by atoms with Crippen LogP contribution in [-0.4, -0.2) is 38.8 Å². The monoisotopic (exact) mass is 340 g/mol. The molecule has 0 saturated carbocycles. The van der Waals surface area contributed by atoms with Gasteiger partial charge in [0.2, 0.25) is 0 Å². The van der Waals surface area contributed by atoms with E-state index in [4.69, 9.17) is 0 Å². The minimum absolute atomic E-state index is 0.165. The first-order chi connectivity index (χ1) is 9.56. The molecule has 8 nitrogen and oxygen atoms in total. The van der Waals surface area contributed by atoms with E-state index in [9.17, 15) is 9.59 Å². The van der Waals surface area contributed by atoms with Gasteiger partial charge in [0.05, 0.1) is 16.4 Å². The van der Waals surface area contributed by atoms with Gasteiger partial charge in [0, 0.05) is 19.8 Å². The minimum atomic E-state index is -0.407. The first-order valence-electron chi connectivity index (χ1n) is 5.86. The second-order valence-electron chi connectivity index (χ2n) is 3.87. The third kappa shape index (κ3) is 2.72. The maximum absolute atomic E-state index is 12.1. The highest BCUT2D eigenvalue weighted by Gasteiger charge is 2.19. The van der Waals surface area contributed by atoms with Crippen LogP contribution in [0.2, 0.25) is 0 Å². The van der Waals surface area contributed by atoms with E-state index in [-0.39, 0.29) is 17.3 Å². The van der Waals surface area contributed by atoms with Crippen LogP contribution in [0.25, 0.3) is 0 Å². The molecule has 2 aromatic heterocycles. The van der Waals surface area contributed by atoms with Gasteiger partial charge in [-0.25, -0.2) is 0 Å².